The normalized spacial score (nSPS) is 15.6. The number of nitrogens with zero attached hydrogens (tertiary/aromatic N) is 4. The number of ether oxygens (including phenoxy) is 1. The average molecular weight is 423 g/mol. The number of morpholine rings is 1. The van der Waals surface area contributed by atoms with Crippen LogP contribution in [0, 0.1) is 19.7 Å². The zero-order valence-corrected chi connectivity index (χ0v) is 17.7. The maximum absolute atomic E-state index is 13.8. The molecular weight excluding hydrogens is 397 g/mol. The lowest BCUT2D eigenvalue weighted by Crippen LogP contribution is -2.43. The van der Waals surface area contributed by atoms with Gasteiger partial charge in [0.25, 0.3) is 5.91 Å². The van der Waals surface area contributed by atoms with Crippen molar-refractivity contribution in [1.29, 1.82) is 0 Å². The van der Waals surface area contributed by atoms with Crippen LogP contribution in [0.4, 0.5) is 4.39 Å². The SMILES string of the molecule is Cc1cc(C)n(-c2ccc(C(=O)NCC(c3cccc(F)c3)N3CCOCC3)cn2)n1. The third kappa shape index (κ3) is 4.98. The summed E-state index contributed by atoms with van der Waals surface area (Å²) in [4.78, 5) is 19.4. The lowest BCUT2D eigenvalue weighted by atomic mass is 10.0. The number of carbonyl (C=O) groups excluding carboxylic acids is 1. The molecule has 1 N–H and O–H groups in total. The molecule has 1 amide bonds. The van der Waals surface area contributed by atoms with E-state index in [2.05, 4.69) is 20.3 Å². The maximum atomic E-state index is 13.8. The van der Waals surface area contributed by atoms with Gasteiger partial charge in [-0.25, -0.2) is 14.1 Å². The summed E-state index contributed by atoms with van der Waals surface area (Å²) in [6.07, 6.45) is 1.55. The van der Waals surface area contributed by atoms with Gasteiger partial charge in [0, 0.05) is 31.5 Å². The fraction of sp³-hybridized carbons (Fsp3) is 0.348. The molecule has 1 unspecified atom stereocenters. The minimum Gasteiger partial charge on any atom is -0.379 e. The number of halogens is 1. The van der Waals surface area contributed by atoms with Gasteiger partial charge in [0.15, 0.2) is 5.82 Å². The molecule has 162 valence electrons. The maximum Gasteiger partial charge on any atom is 0.252 e. The molecule has 1 aliphatic heterocycles. The van der Waals surface area contributed by atoms with E-state index in [-0.39, 0.29) is 17.8 Å². The van der Waals surface area contributed by atoms with Crippen molar-refractivity contribution in [2.45, 2.75) is 19.9 Å². The van der Waals surface area contributed by atoms with Crippen LogP contribution in [0.3, 0.4) is 0 Å². The van der Waals surface area contributed by atoms with Crippen LogP contribution in [0.1, 0.15) is 33.4 Å². The molecule has 1 aromatic carbocycles. The molecule has 2 aromatic heterocycles. The second kappa shape index (κ2) is 9.36. The molecule has 1 aliphatic rings. The van der Waals surface area contributed by atoms with Crippen LogP contribution < -0.4 is 5.32 Å². The van der Waals surface area contributed by atoms with E-state index in [1.54, 1.807) is 29.1 Å². The summed E-state index contributed by atoms with van der Waals surface area (Å²) in [5.41, 5.74) is 3.18. The average Bonchev–Trinajstić information content (AvgIpc) is 3.12. The zero-order chi connectivity index (χ0) is 21.8. The largest absolute Gasteiger partial charge is 0.379 e. The third-order valence-corrected chi connectivity index (χ3v) is 5.41. The van der Waals surface area contributed by atoms with Gasteiger partial charge in [-0.1, -0.05) is 12.1 Å². The summed E-state index contributed by atoms with van der Waals surface area (Å²) in [5, 5.41) is 7.40. The first kappa shape index (κ1) is 21.1. The van der Waals surface area contributed by atoms with E-state index in [1.165, 1.54) is 12.1 Å². The van der Waals surface area contributed by atoms with Crippen molar-refractivity contribution in [3.05, 3.63) is 77.0 Å². The molecule has 0 radical (unpaired) electrons. The van der Waals surface area contributed by atoms with Crippen molar-refractivity contribution in [3.8, 4) is 5.82 Å². The Balaban J connectivity index is 1.46. The molecule has 1 atom stereocenters. The molecule has 0 spiro atoms. The fourth-order valence-corrected chi connectivity index (χ4v) is 3.86. The van der Waals surface area contributed by atoms with Crippen molar-refractivity contribution < 1.29 is 13.9 Å². The van der Waals surface area contributed by atoms with E-state index >= 15 is 0 Å². The summed E-state index contributed by atoms with van der Waals surface area (Å²) in [6, 6.07) is 11.9. The first-order chi connectivity index (χ1) is 15.0. The number of aromatic nitrogens is 3. The third-order valence-electron chi connectivity index (χ3n) is 5.41. The number of benzene rings is 1. The summed E-state index contributed by atoms with van der Waals surface area (Å²) in [7, 11) is 0. The van der Waals surface area contributed by atoms with Crippen molar-refractivity contribution in [1.82, 2.24) is 25.0 Å². The van der Waals surface area contributed by atoms with Crippen LogP contribution in [-0.4, -0.2) is 58.4 Å². The molecule has 8 heteroatoms. The zero-order valence-electron chi connectivity index (χ0n) is 17.7. The van der Waals surface area contributed by atoms with Crippen molar-refractivity contribution in [2.24, 2.45) is 0 Å². The van der Waals surface area contributed by atoms with Crippen LogP contribution in [0.25, 0.3) is 5.82 Å². The van der Waals surface area contributed by atoms with Crippen LogP contribution in [0.15, 0.2) is 48.7 Å². The Bertz CT molecular complexity index is 1040. The molecule has 31 heavy (non-hydrogen) atoms. The van der Waals surface area contributed by atoms with Crippen LogP contribution in [0.5, 0.6) is 0 Å². The Kier molecular flexibility index (Phi) is 6.39. The van der Waals surface area contributed by atoms with Gasteiger partial charge in [-0.15, -0.1) is 0 Å². The molecule has 3 aromatic rings. The van der Waals surface area contributed by atoms with Gasteiger partial charge in [-0.2, -0.15) is 5.10 Å². The smallest absolute Gasteiger partial charge is 0.252 e. The number of rotatable bonds is 6. The molecule has 1 fully saturated rings. The number of hydrogen-bond acceptors (Lipinski definition) is 5. The molecule has 7 nitrogen and oxygen atoms in total. The molecule has 0 saturated carbocycles. The van der Waals surface area contributed by atoms with Gasteiger partial charge in [0.05, 0.1) is 30.5 Å². The second-order valence-electron chi connectivity index (χ2n) is 7.67. The van der Waals surface area contributed by atoms with Crippen molar-refractivity contribution >= 4 is 5.91 Å². The number of aryl methyl sites for hydroxylation is 2. The highest BCUT2D eigenvalue weighted by atomic mass is 19.1. The van der Waals surface area contributed by atoms with E-state index in [0.29, 0.717) is 31.1 Å². The Morgan fingerprint density at radius 2 is 2.00 bits per heavy atom. The number of carbonyl (C=O) groups is 1. The molecule has 0 aliphatic carbocycles. The summed E-state index contributed by atoms with van der Waals surface area (Å²) >= 11 is 0. The standard InChI is InChI=1S/C23H26FN5O2/c1-16-12-17(2)29(27-16)22-7-6-19(14-25-22)23(30)26-15-21(28-8-10-31-11-9-28)18-4-3-5-20(24)13-18/h3-7,12-14,21H,8-11,15H2,1-2H3,(H,26,30). The van der Waals surface area contributed by atoms with Gasteiger partial charge < -0.3 is 10.1 Å². The first-order valence-electron chi connectivity index (χ1n) is 10.4. The van der Waals surface area contributed by atoms with Crippen LogP contribution in [0.2, 0.25) is 0 Å². The first-order valence-corrected chi connectivity index (χ1v) is 10.4. The quantitative estimate of drug-likeness (QED) is 0.660. The highest BCUT2D eigenvalue weighted by Gasteiger charge is 2.24. The fourth-order valence-electron chi connectivity index (χ4n) is 3.86. The van der Waals surface area contributed by atoms with E-state index in [4.69, 9.17) is 4.74 Å². The van der Waals surface area contributed by atoms with Gasteiger partial charge in [-0.05, 0) is 49.7 Å². The summed E-state index contributed by atoms with van der Waals surface area (Å²) in [5.74, 6) is 0.154. The predicted octanol–water partition coefficient (Wildman–Crippen LogP) is 2.83. The summed E-state index contributed by atoms with van der Waals surface area (Å²) < 4.78 is 21.0. The predicted molar refractivity (Wildman–Crippen MR) is 115 cm³/mol. The Morgan fingerprint density at radius 1 is 1.19 bits per heavy atom. The molecule has 0 bridgehead atoms. The molecule has 1 saturated heterocycles. The van der Waals surface area contributed by atoms with Crippen molar-refractivity contribution in [2.75, 3.05) is 32.8 Å². The van der Waals surface area contributed by atoms with Gasteiger partial charge in [-0.3, -0.25) is 9.69 Å². The van der Waals surface area contributed by atoms with E-state index in [9.17, 15) is 9.18 Å². The van der Waals surface area contributed by atoms with E-state index < -0.39 is 0 Å². The Labute approximate surface area is 180 Å². The monoisotopic (exact) mass is 423 g/mol. The number of nitrogens with one attached hydrogen (secondary N) is 1. The topological polar surface area (TPSA) is 72.3 Å². The Morgan fingerprint density at radius 3 is 2.65 bits per heavy atom. The molecule has 3 heterocycles. The highest BCUT2D eigenvalue weighted by molar-refractivity contribution is 5.93. The van der Waals surface area contributed by atoms with Crippen molar-refractivity contribution in [3.63, 3.8) is 0 Å². The lowest BCUT2D eigenvalue weighted by Gasteiger charge is -2.35. The van der Waals surface area contributed by atoms with Crippen LogP contribution >= 0.6 is 0 Å². The van der Waals surface area contributed by atoms with Gasteiger partial charge >= 0.3 is 0 Å². The molecular formula is C23H26FN5O2. The number of pyridine rings is 1. The van der Waals surface area contributed by atoms with Gasteiger partial charge in [0.1, 0.15) is 5.82 Å². The van der Waals surface area contributed by atoms with Crippen LogP contribution in [-0.2, 0) is 4.74 Å². The minimum atomic E-state index is -0.286. The van der Waals surface area contributed by atoms with E-state index in [1.807, 2.05) is 26.0 Å². The number of amides is 1. The second-order valence-corrected chi connectivity index (χ2v) is 7.67. The summed E-state index contributed by atoms with van der Waals surface area (Å²) in [6.45, 7) is 6.96. The lowest BCUT2D eigenvalue weighted by molar-refractivity contribution is 0.0162. The highest BCUT2D eigenvalue weighted by Crippen LogP contribution is 2.22. The Hall–Kier alpha value is -3.10. The molecule has 4 rings (SSSR count). The number of hydrogen-bond donors (Lipinski definition) is 1. The minimum absolute atomic E-state index is 0.134. The van der Waals surface area contributed by atoms with E-state index in [0.717, 1.165) is 30.0 Å². The van der Waals surface area contributed by atoms with Gasteiger partial charge in [0.2, 0.25) is 0 Å².